The molecule has 0 radical (unpaired) electrons. The van der Waals surface area contributed by atoms with Gasteiger partial charge in [-0.1, -0.05) is 25.5 Å². The van der Waals surface area contributed by atoms with Gasteiger partial charge in [0.05, 0.1) is 24.5 Å². The average Bonchev–Trinajstić information content (AvgIpc) is 2.76. The molecule has 1 heterocycles. The fourth-order valence-electron chi connectivity index (χ4n) is 3.58. The molecule has 2 unspecified atom stereocenters. The lowest BCUT2D eigenvalue weighted by Gasteiger charge is -2.43. The van der Waals surface area contributed by atoms with E-state index in [2.05, 4.69) is 0 Å². The lowest BCUT2D eigenvalue weighted by atomic mass is 9.69. The highest BCUT2D eigenvalue weighted by atomic mass is 16.6. The molecule has 1 aromatic rings. The van der Waals surface area contributed by atoms with Crippen LogP contribution in [0.15, 0.2) is 36.2 Å². The van der Waals surface area contributed by atoms with Gasteiger partial charge in [-0.15, -0.1) is 0 Å². The maximum atomic E-state index is 13.1. The number of esters is 1. The van der Waals surface area contributed by atoms with Crippen molar-refractivity contribution in [3.05, 3.63) is 51.9 Å². The first kappa shape index (κ1) is 23.7. The van der Waals surface area contributed by atoms with E-state index in [1.807, 2.05) is 13.0 Å². The largest absolute Gasteiger partial charge is 0.483 e. The number of methoxy groups -OCH3 is 1. The van der Waals surface area contributed by atoms with Crippen molar-refractivity contribution in [3.8, 4) is 6.07 Å². The van der Waals surface area contributed by atoms with Crippen LogP contribution in [0, 0.1) is 26.9 Å². The molecule has 0 spiro atoms. The van der Waals surface area contributed by atoms with E-state index in [1.165, 1.54) is 31.4 Å². The Labute approximate surface area is 179 Å². The molecule has 10 nitrogen and oxygen atoms in total. The number of nitro groups is 1. The quantitative estimate of drug-likeness (QED) is 0.194. The standard InChI is InChI=1S/C21H25N3O7/c1-3-4-11-23-14-21(19(25)26,20(27)31-12-5-10-22)17(13-18(23)30-2)15-6-8-16(9-7-15)24(28)29/h6-9,13,17H,3-5,11-12,14H2,1-2H3,(H,25,26). The van der Waals surface area contributed by atoms with Crippen LogP contribution in [0.1, 0.15) is 37.7 Å². The molecular weight excluding hydrogens is 406 g/mol. The zero-order valence-corrected chi connectivity index (χ0v) is 17.4. The van der Waals surface area contributed by atoms with E-state index in [4.69, 9.17) is 14.7 Å². The summed E-state index contributed by atoms with van der Waals surface area (Å²) in [4.78, 5) is 37.8. The Morgan fingerprint density at radius 3 is 2.58 bits per heavy atom. The number of allylic oxidation sites excluding steroid dienone is 1. The highest BCUT2D eigenvalue weighted by Gasteiger charge is 2.57. The van der Waals surface area contributed by atoms with Crippen LogP contribution >= 0.6 is 0 Å². The molecule has 0 fully saturated rings. The normalized spacial score (nSPS) is 20.4. The van der Waals surface area contributed by atoms with Gasteiger partial charge in [0.1, 0.15) is 6.61 Å². The molecule has 2 atom stereocenters. The van der Waals surface area contributed by atoms with Crippen molar-refractivity contribution in [2.24, 2.45) is 5.41 Å². The lowest BCUT2D eigenvalue weighted by Crippen LogP contribution is -2.55. The molecule has 1 aliphatic rings. The zero-order chi connectivity index (χ0) is 23.0. The van der Waals surface area contributed by atoms with Crippen LogP contribution in [0.5, 0.6) is 0 Å². The number of ether oxygens (including phenoxy) is 2. The van der Waals surface area contributed by atoms with Crippen LogP contribution < -0.4 is 0 Å². The van der Waals surface area contributed by atoms with Crippen LogP contribution in [-0.2, 0) is 19.1 Å². The third kappa shape index (κ3) is 4.94. The van der Waals surface area contributed by atoms with Crippen LogP contribution in [0.2, 0.25) is 0 Å². The molecule has 0 amide bonds. The molecular formula is C21H25N3O7. The summed E-state index contributed by atoms with van der Waals surface area (Å²) < 4.78 is 10.6. The second-order valence-electron chi connectivity index (χ2n) is 7.13. The number of non-ortho nitro benzene ring substituents is 1. The molecule has 1 aliphatic heterocycles. The van der Waals surface area contributed by atoms with Crippen molar-refractivity contribution in [2.45, 2.75) is 32.1 Å². The molecule has 10 heteroatoms. The summed E-state index contributed by atoms with van der Waals surface area (Å²) in [7, 11) is 1.46. The first-order valence-corrected chi connectivity index (χ1v) is 9.84. The Morgan fingerprint density at radius 1 is 1.39 bits per heavy atom. The van der Waals surface area contributed by atoms with Crippen molar-refractivity contribution in [1.82, 2.24) is 4.90 Å². The van der Waals surface area contributed by atoms with Crippen molar-refractivity contribution in [3.63, 3.8) is 0 Å². The number of carboxylic acid groups (broad SMARTS) is 1. The Hall–Kier alpha value is -3.61. The van der Waals surface area contributed by atoms with Gasteiger partial charge in [-0.25, -0.2) is 0 Å². The molecule has 0 saturated heterocycles. The second kappa shape index (κ2) is 10.4. The molecule has 31 heavy (non-hydrogen) atoms. The summed E-state index contributed by atoms with van der Waals surface area (Å²) in [6.07, 6.45) is 3.08. The molecule has 2 rings (SSSR count). The Balaban J connectivity index is 2.60. The number of nitriles is 1. The van der Waals surface area contributed by atoms with Gasteiger partial charge < -0.3 is 19.5 Å². The second-order valence-corrected chi connectivity index (χ2v) is 7.13. The van der Waals surface area contributed by atoms with Gasteiger partial charge in [0.25, 0.3) is 5.69 Å². The van der Waals surface area contributed by atoms with Crippen molar-refractivity contribution in [1.29, 1.82) is 5.26 Å². The molecule has 166 valence electrons. The van der Waals surface area contributed by atoms with Gasteiger partial charge in [-0.05, 0) is 18.1 Å². The van der Waals surface area contributed by atoms with Crippen LogP contribution in [0.4, 0.5) is 5.69 Å². The van der Waals surface area contributed by atoms with Crippen molar-refractivity contribution in [2.75, 3.05) is 26.8 Å². The monoisotopic (exact) mass is 431 g/mol. The van der Waals surface area contributed by atoms with Gasteiger partial charge in [0.2, 0.25) is 0 Å². The molecule has 0 saturated carbocycles. The highest BCUT2D eigenvalue weighted by molar-refractivity contribution is 6.01. The van der Waals surface area contributed by atoms with Crippen LogP contribution in [0.3, 0.4) is 0 Å². The number of benzene rings is 1. The van der Waals surface area contributed by atoms with Gasteiger partial charge >= 0.3 is 11.9 Å². The zero-order valence-electron chi connectivity index (χ0n) is 17.4. The van der Waals surface area contributed by atoms with Gasteiger partial charge in [0.15, 0.2) is 11.3 Å². The topological polar surface area (TPSA) is 143 Å². The summed E-state index contributed by atoms with van der Waals surface area (Å²) in [6.45, 7) is 2.03. The van der Waals surface area contributed by atoms with E-state index < -0.39 is 28.2 Å². The number of carbonyl (C=O) groups is 2. The third-order valence-corrected chi connectivity index (χ3v) is 5.24. The Morgan fingerprint density at radius 2 is 2.06 bits per heavy atom. The van der Waals surface area contributed by atoms with E-state index in [0.717, 1.165) is 12.8 Å². The highest BCUT2D eigenvalue weighted by Crippen LogP contribution is 2.45. The third-order valence-electron chi connectivity index (χ3n) is 5.24. The number of hydrogen-bond acceptors (Lipinski definition) is 8. The van der Waals surface area contributed by atoms with E-state index in [9.17, 15) is 24.8 Å². The fraction of sp³-hybridized carbons (Fsp3) is 0.476. The summed E-state index contributed by atoms with van der Waals surface area (Å²) in [5, 5.41) is 29.9. The molecule has 0 aliphatic carbocycles. The predicted molar refractivity (Wildman–Crippen MR) is 109 cm³/mol. The average molecular weight is 431 g/mol. The fourth-order valence-corrected chi connectivity index (χ4v) is 3.58. The van der Waals surface area contributed by atoms with E-state index in [1.54, 1.807) is 11.0 Å². The summed E-state index contributed by atoms with van der Waals surface area (Å²) in [5.41, 5.74) is -1.77. The molecule has 0 aromatic heterocycles. The number of nitro benzene ring substituents is 1. The lowest BCUT2D eigenvalue weighted by molar-refractivity contribution is -0.384. The Bertz CT molecular complexity index is 891. The number of carboxylic acids is 1. The minimum absolute atomic E-state index is 0.0671. The van der Waals surface area contributed by atoms with E-state index in [-0.39, 0.29) is 25.3 Å². The maximum absolute atomic E-state index is 13.1. The minimum Gasteiger partial charge on any atom is -0.483 e. The molecule has 0 bridgehead atoms. The number of rotatable bonds is 10. The summed E-state index contributed by atoms with van der Waals surface area (Å²) >= 11 is 0. The predicted octanol–water partition coefficient (Wildman–Crippen LogP) is 2.81. The number of aliphatic carboxylic acids is 1. The van der Waals surface area contributed by atoms with Crippen LogP contribution in [-0.4, -0.2) is 53.7 Å². The SMILES string of the molecule is CCCCN1CC(C(=O)O)(C(=O)OCCC#N)C(c2ccc([N+](=O)[O-])cc2)C=C1OC. The number of carbonyl (C=O) groups excluding carboxylic acids is 1. The van der Waals surface area contributed by atoms with Gasteiger partial charge in [-0.3, -0.25) is 19.7 Å². The number of hydrogen-bond donors (Lipinski definition) is 1. The van der Waals surface area contributed by atoms with Gasteiger partial charge in [-0.2, -0.15) is 5.26 Å². The smallest absolute Gasteiger partial charge is 0.326 e. The van der Waals surface area contributed by atoms with Crippen LogP contribution in [0.25, 0.3) is 0 Å². The van der Waals surface area contributed by atoms with Gasteiger partial charge in [0, 0.05) is 31.1 Å². The Kier molecular flexibility index (Phi) is 7.96. The van der Waals surface area contributed by atoms with Crippen molar-refractivity contribution < 1.29 is 29.1 Å². The molecule has 1 aromatic carbocycles. The minimum atomic E-state index is -2.01. The first-order chi connectivity index (χ1) is 14.8. The number of unbranched alkanes of at least 4 members (excludes halogenated alkanes) is 1. The summed E-state index contributed by atoms with van der Waals surface area (Å²) in [6, 6.07) is 7.21. The number of nitrogens with zero attached hydrogens (tertiary/aromatic N) is 3. The first-order valence-electron chi connectivity index (χ1n) is 9.84. The van der Waals surface area contributed by atoms with E-state index in [0.29, 0.717) is 18.0 Å². The van der Waals surface area contributed by atoms with Crippen molar-refractivity contribution >= 4 is 17.6 Å². The molecule has 1 N–H and O–H groups in total. The summed E-state index contributed by atoms with van der Waals surface area (Å²) in [5.74, 6) is -2.93. The van der Waals surface area contributed by atoms with E-state index >= 15 is 0 Å². The maximum Gasteiger partial charge on any atom is 0.326 e.